The molecule has 35 heavy (non-hydrogen) atoms. The van der Waals surface area contributed by atoms with E-state index in [2.05, 4.69) is 40.5 Å². The molecule has 0 spiro atoms. The molecule has 0 atom stereocenters. The zero-order valence-electron chi connectivity index (χ0n) is 20.3. The van der Waals surface area contributed by atoms with E-state index in [1.807, 2.05) is 0 Å². The van der Waals surface area contributed by atoms with E-state index in [0.29, 0.717) is 23.1 Å². The Labute approximate surface area is 201 Å². The molecule has 2 aliphatic rings. The van der Waals surface area contributed by atoms with Crippen LogP contribution in [0.4, 0.5) is 33.9 Å². The van der Waals surface area contributed by atoms with Crippen LogP contribution in [-0.2, 0) is 23.1 Å². The van der Waals surface area contributed by atoms with Gasteiger partial charge in [-0.3, -0.25) is 9.89 Å². The van der Waals surface area contributed by atoms with Gasteiger partial charge in [-0.05, 0) is 38.8 Å². The molecule has 1 aliphatic heterocycles. The third kappa shape index (κ3) is 4.01. The predicted octanol–water partition coefficient (Wildman–Crippen LogP) is 6.05. The first-order chi connectivity index (χ1) is 16.1. The number of aromatic nitrogens is 2. The monoisotopic (exact) mass is 511 g/mol. The quantitative estimate of drug-likeness (QED) is 0.345. The van der Waals surface area contributed by atoms with Gasteiger partial charge in [0.1, 0.15) is 5.82 Å². The minimum Gasteiger partial charge on any atom is -0.309 e. The van der Waals surface area contributed by atoms with Crippen molar-refractivity contribution in [1.29, 1.82) is 0 Å². The van der Waals surface area contributed by atoms with E-state index in [4.69, 9.17) is 0 Å². The number of para-hydroxylation sites is 1. The maximum atomic E-state index is 14.3. The molecule has 7 nitrogen and oxygen atoms in total. The minimum atomic E-state index is -4.84. The fraction of sp³-hybridized carbons (Fsp3) is 0.522. The van der Waals surface area contributed by atoms with Crippen LogP contribution >= 0.6 is 0 Å². The number of fused-ring (bicyclic) bond motifs is 1. The van der Waals surface area contributed by atoms with Crippen LogP contribution < -0.4 is 10.6 Å². The fourth-order valence-corrected chi connectivity index (χ4v) is 7.68. The van der Waals surface area contributed by atoms with Crippen molar-refractivity contribution in [1.82, 2.24) is 15.1 Å². The van der Waals surface area contributed by atoms with Crippen LogP contribution in [0.15, 0.2) is 18.2 Å². The maximum Gasteiger partial charge on any atom is 0.418 e. The van der Waals surface area contributed by atoms with Crippen molar-refractivity contribution in [2.75, 3.05) is 10.6 Å². The fourth-order valence-electron chi connectivity index (χ4n) is 5.08. The highest BCUT2D eigenvalue weighted by Crippen LogP contribution is 2.56. The average molecular weight is 512 g/mol. The molecule has 0 radical (unpaired) electrons. The summed E-state index contributed by atoms with van der Waals surface area (Å²) >= 11 is 0. The number of benzene rings is 1. The van der Waals surface area contributed by atoms with Crippen LogP contribution in [0.25, 0.3) is 0 Å². The highest BCUT2D eigenvalue weighted by molar-refractivity contribution is 6.83. The van der Waals surface area contributed by atoms with Gasteiger partial charge in [0, 0.05) is 10.6 Å². The standard InChI is InChI=1S/C23H29F4N5O2Si/c1-21(2)17-13(18(31-30-17)29-19(33)22(10-7-11-22)35(3,4)5)12-32(21)20(34)28-16-14(23(25,26)27)8-6-9-15(16)24/h6,8-9H,7,10-12H2,1-5H3,(H,28,34)(H2,29,30,31,33). The Morgan fingerprint density at radius 3 is 2.34 bits per heavy atom. The molecule has 3 N–H and O–H groups in total. The molecule has 12 heteroatoms. The Morgan fingerprint density at radius 1 is 1.14 bits per heavy atom. The second kappa shape index (κ2) is 8.07. The lowest BCUT2D eigenvalue weighted by Gasteiger charge is -2.48. The molecule has 190 valence electrons. The van der Waals surface area contributed by atoms with Gasteiger partial charge in [-0.2, -0.15) is 18.3 Å². The van der Waals surface area contributed by atoms with Crippen LogP contribution in [0.3, 0.4) is 0 Å². The van der Waals surface area contributed by atoms with Gasteiger partial charge in [0.25, 0.3) is 0 Å². The Balaban J connectivity index is 1.58. The first-order valence-electron chi connectivity index (χ1n) is 11.4. The van der Waals surface area contributed by atoms with Crippen molar-refractivity contribution in [2.24, 2.45) is 0 Å². The number of hydrogen-bond acceptors (Lipinski definition) is 3. The van der Waals surface area contributed by atoms with Gasteiger partial charge in [-0.15, -0.1) is 0 Å². The summed E-state index contributed by atoms with van der Waals surface area (Å²) in [6, 6.07) is 1.61. The highest BCUT2D eigenvalue weighted by atomic mass is 28.3. The molecule has 0 saturated heterocycles. The van der Waals surface area contributed by atoms with Crippen LogP contribution in [-0.4, -0.2) is 35.1 Å². The smallest absolute Gasteiger partial charge is 0.309 e. The van der Waals surface area contributed by atoms with Crippen molar-refractivity contribution in [3.05, 3.63) is 40.8 Å². The zero-order chi connectivity index (χ0) is 26.0. The van der Waals surface area contributed by atoms with Crippen LogP contribution in [0.2, 0.25) is 24.7 Å². The molecule has 0 bridgehead atoms. The van der Waals surface area contributed by atoms with Crippen molar-refractivity contribution < 1.29 is 27.2 Å². The Kier molecular flexibility index (Phi) is 5.81. The summed E-state index contributed by atoms with van der Waals surface area (Å²) in [7, 11) is -1.83. The lowest BCUT2D eigenvalue weighted by molar-refractivity contribution is -0.137. The van der Waals surface area contributed by atoms with Gasteiger partial charge < -0.3 is 15.5 Å². The number of rotatable bonds is 4. The van der Waals surface area contributed by atoms with Crippen molar-refractivity contribution in [3.63, 3.8) is 0 Å². The predicted molar refractivity (Wildman–Crippen MR) is 126 cm³/mol. The molecule has 0 unspecified atom stereocenters. The van der Waals surface area contributed by atoms with Crippen LogP contribution in [0.5, 0.6) is 0 Å². The summed E-state index contributed by atoms with van der Waals surface area (Å²) in [5, 5.41) is 11.8. The number of nitrogens with one attached hydrogen (secondary N) is 3. The van der Waals surface area contributed by atoms with Crippen LogP contribution in [0.1, 0.15) is 49.9 Å². The van der Waals surface area contributed by atoms with Crippen LogP contribution in [0, 0.1) is 5.82 Å². The number of urea groups is 1. The molecule has 1 aromatic heterocycles. The molecule has 1 aliphatic carbocycles. The van der Waals surface area contributed by atoms with Gasteiger partial charge >= 0.3 is 12.2 Å². The highest BCUT2D eigenvalue weighted by Gasteiger charge is 2.54. The molecule has 2 aromatic rings. The molecule has 4 rings (SSSR count). The van der Waals surface area contributed by atoms with Gasteiger partial charge in [0.2, 0.25) is 5.91 Å². The number of alkyl halides is 3. The first-order valence-corrected chi connectivity index (χ1v) is 14.9. The van der Waals surface area contributed by atoms with E-state index in [1.165, 1.54) is 4.90 Å². The molecule has 3 amide bonds. The Morgan fingerprint density at radius 2 is 1.80 bits per heavy atom. The molecular formula is C23H29F4N5O2Si. The summed E-state index contributed by atoms with van der Waals surface area (Å²) in [6.45, 7) is 9.86. The molecule has 1 saturated carbocycles. The zero-order valence-corrected chi connectivity index (χ0v) is 21.3. The van der Waals surface area contributed by atoms with Gasteiger partial charge in [0.05, 0.1) is 37.1 Å². The average Bonchev–Trinajstić information content (AvgIpc) is 3.18. The normalized spacial score (nSPS) is 18.6. The van der Waals surface area contributed by atoms with E-state index in [9.17, 15) is 27.2 Å². The lowest BCUT2D eigenvalue weighted by atomic mass is 9.83. The SMILES string of the molecule is CC1(C)c2[nH]nc(NC(=O)C3([Si](C)(C)C)CCC3)c2CN1C(=O)Nc1c(F)cccc1C(F)(F)F. The molecule has 1 fully saturated rings. The summed E-state index contributed by atoms with van der Waals surface area (Å²) < 4.78 is 54.4. The minimum absolute atomic E-state index is 0.0178. The largest absolute Gasteiger partial charge is 0.418 e. The van der Waals surface area contributed by atoms with E-state index < -0.39 is 42.9 Å². The van der Waals surface area contributed by atoms with Gasteiger partial charge in [0.15, 0.2) is 5.82 Å². The van der Waals surface area contributed by atoms with Crippen molar-refractivity contribution in [3.8, 4) is 0 Å². The number of H-pyrrole nitrogens is 1. The number of carbonyl (C=O) groups excluding carboxylic acids is 2. The number of aromatic amines is 1. The second-order valence-electron chi connectivity index (χ2n) is 10.8. The topological polar surface area (TPSA) is 90.1 Å². The second-order valence-corrected chi connectivity index (χ2v) is 16.3. The van der Waals surface area contributed by atoms with E-state index in [1.54, 1.807) is 13.8 Å². The number of hydrogen-bond donors (Lipinski definition) is 3. The third-order valence-electron chi connectivity index (χ3n) is 7.58. The lowest BCUT2D eigenvalue weighted by Crippen LogP contribution is -2.52. The Bertz CT molecular complexity index is 1180. The molecular weight excluding hydrogens is 482 g/mol. The molecule has 2 heterocycles. The van der Waals surface area contributed by atoms with Gasteiger partial charge in [-0.1, -0.05) is 32.1 Å². The number of carbonyl (C=O) groups is 2. The summed E-state index contributed by atoms with van der Waals surface area (Å²) in [4.78, 5) is 27.6. The summed E-state index contributed by atoms with van der Waals surface area (Å²) in [6.07, 6.45) is -2.20. The van der Waals surface area contributed by atoms with E-state index >= 15 is 0 Å². The number of anilines is 2. The summed E-state index contributed by atoms with van der Waals surface area (Å²) in [5.41, 5.74) is -2.05. The maximum absolute atomic E-state index is 14.3. The summed E-state index contributed by atoms with van der Waals surface area (Å²) in [5.74, 6) is -0.964. The number of halogens is 4. The van der Waals surface area contributed by atoms with Gasteiger partial charge in [-0.25, -0.2) is 9.18 Å². The van der Waals surface area contributed by atoms with Crippen molar-refractivity contribution in [2.45, 2.75) is 76.0 Å². The number of amides is 3. The number of nitrogens with zero attached hydrogens (tertiary/aromatic N) is 2. The third-order valence-corrected chi connectivity index (χ3v) is 11.2. The van der Waals surface area contributed by atoms with E-state index in [-0.39, 0.29) is 17.5 Å². The molecule has 1 aromatic carbocycles. The Hall–Kier alpha value is -2.89. The first kappa shape index (κ1) is 25.2. The van der Waals surface area contributed by atoms with E-state index in [0.717, 1.165) is 31.4 Å². The van der Waals surface area contributed by atoms with Crippen molar-refractivity contribution >= 4 is 31.5 Å².